The second-order valence-corrected chi connectivity index (χ2v) is 4.91. The Hall–Kier alpha value is -2.44. The highest BCUT2D eigenvalue weighted by molar-refractivity contribution is 5.99. The van der Waals surface area contributed by atoms with Gasteiger partial charge in [-0.05, 0) is 19.4 Å². The van der Waals surface area contributed by atoms with Crippen molar-refractivity contribution in [2.45, 2.75) is 39.0 Å². The van der Waals surface area contributed by atoms with Crippen LogP contribution in [-0.2, 0) is 20.7 Å². The van der Waals surface area contributed by atoms with Crippen molar-refractivity contribution in [2.24, 2.45) is 0 Å². The molecular formula is C15H17NO6. The molecule has 0 bridgehead atoms. The first-order valence-corrected chi connectivity index (χ1v) is 7.17. The number of aryl methyl sites for hydroxylation is 1. The number of rotatable bonds is 5. The number of hydrogen-bond acceptors (Lipinski definition) is 6. The van der Waals surface area contributed by atoms with Gasteiger partial charge in [0.1, 0.15) is 11.4 Å². The standard InChI is InChI=1S/C15H17NO6/c1-2-21-14(19)7-6-13(18)16-10-8-9-11(17)4-3-5-12(9)22-15(10)20/h8H,2-7H2,1H3,(H,16,18). The first-order valence-electron chi connectivity index (χ1n) is 7.17. The number of fused-ring (bicyclic) bond motifs is 1. The zero-order chi connectivity index (χ0) is 16.1. The van der Waals surface area contributed by atoms with Gasteiger partial charge in [-0.2, -0.15) is 0 Å². The van der Waals surface area contributed by atoms with Crippen LogP contribution in [0.3, 0.4) is 0 Å². The van der Waals surface area contributed by atoms with Crippen molar-refractivity contribution < 1.29 is 23.5 Å². The van der Waals surface area contributed by atoms with Gasteiger partial charge in [0.25, 0.3) is 0 Å². The van der Waals surface area contributed by atoms with Crippen molar-refractivity contribution in [3.63, 3.8) is 0 Å². The van der Waals surface area contributed by atoms with E-state index in [1.807, 2.05) is 0 Å². The lowest BCUT2D eigenvalue weighted by Gasteiger charge is -2.13. The van der Waals surface area contributed by atoms with E-state index in [0.717, 1.165) is 0 Å². The molecule has 22 heavy (non-hydrogen) atoms. The molecule has 0 saturated carbocycles. The molecule has 2 rings (SSSR count). The molecule has 1 amide bonds. The van der Waals surface area contributed by atoms with Crippen molar-refractivity contribution in [1.29, 1.82) is 0 Å². The van der Waals surface area contributed by atoms with E-state index in [-0.39, 0.29) is 30.9 Å². The van der Waals surface area contributed by atoms with Gasteiger partial charge >= 0.3 is 11.6 Å². The van der Waals surface area contributed by atoms with E-state index in [0.29, 0.717) is 30.6 Å². The van der Waals surface area contributed by atoms with Crippen LogP contribution >= 0.6 is 0 Å². The normalized spacial score (nSPS) is 13.4. The maximum Gasteiger partial charge on any atom is 0.359 e. The fraction of sp³-hybridized carbons (Fsp3) is 0.467. The van der Waals surface area contributed by atoms with Crippen LogP contribution in [0.15, 0.2) is 15.3 Å². The van der Waals surface area contributed by atoms with E-state index in [4.69, 9.17) is 9.15 Å². The molecule has 1 aliphatic rings. The van der Waals surface area contributed by atoms with Crippen LogP contribution in [0.25, 0.3) is 0 Å². The smallest absolute Gasteiger partial charge is 0.359 e. The molecule has 0 atom stereocenters. The second-order valence-electron chi connectivity index (χ2n) is 4.91. The molecule has 1 aromatic heterocycles. The average Bonchev–Trinajstić information content (AvgIpc) is 2.47. The Bertz CT molecular complexity index is 660. The van der Waals surface area contributed by atoms with Crippen LogP contribution in [0.5, 0.6) is 0 Å². The largest absolute Gasteiger partial charge is 0.466 e. The van der Waals surface area contributed by atoms with E-state index in [2.05, 4.69) is 5.32 Å². The quantitative estimate of drug-likeness (QED) is 0.826. The summed E-state index contributed by atoms with van der Waals surface area (Å²) in [6.45, 7) is 1.92. The SMILES string of the molecule is CCOC(=O)CCC(=O)Nc1cc2c(oc1=O)CCCC2=O. The van der Waals surface area contributed by atoms with Crippen molar-refractivity contribution in [1.82, 2.24) is 0 Å². The highest BCUT2D eigenvalue weighted by Gasteiger charge is 2.22. The number of carbonyl (C=O) groups is 3. The Morgan fingerprint density at radius 2 is 2.05 bits per heavy atom. The third-order valence-corrected chi connectivity index (χ3v) is 3.27. The summed E-state index contributed by atoms with van der Waals surface area (Å²) in [4.78, 5) is 46.5. The van der Waals surface area contributed by atoms with E-state index < -0.39 is 17.5 Å². The fourth-order valence-electron chi connectivity index (χ4n) is 2.22. The summed E-state index contributed by atoms with van der Waals surface area (Å²) < 4.78 is 9.79. The molecule has 0 radical (unpaired) electrons. The molecule has 0 saturated heterocycles. The lowest BCUT2D eigenvalue weighted by molar-refractivity contribution is -0.144. The first kappa shape index (κ1) is 15.9. The molecule has 0 spiro atoms. The van der Waals surface area contributed by atoms with Gasteiger partial charge in [0.05, 0.1) is 18.6 Å². The molecular weight excluding hydrogens is 290 g/mol. The Morgan fingerprint density at radius 3 is 2.77 bits per heavy atom. The summed E-state index contributed by atoms with van der Waals surface area (Å²) in [6.07, 6.45) is 1.41. The minimum Gasteiger partial charge on any atom is -0.466 e. The van der Waals surface area contributed by atoms with Crippen LogP contribution < -0.4 is 10.9 Å². The molecule has 1 N–H and O–H groups in total. The number of amides is 1. The molecule has 1 aliphatic carbocycles. The van der Waals surface area contributed by atoms with Gasteiger partial charge in [-0.1, -0.05) is 0 Å². The predicted octanol–water partition coefficient (Wildman–Crippen LogP) is 1.44. The maximum absolute atomic E-state index is 11.8. The predicted molar refractivity (Wildman–Crippen MR) is 76.7 cm³/mol. The topological polar surface area (TPSA) is 103 Å². The monoisotopic (exact) mass is 307 g/mol. The van der Waals surface area contributed by atoms with Gasteiger partial charge in [0.2, 0.25) is 5.91 Å². The van der Waals surface area contributed by atoms with Gasteiger partial charge in [-0.25, -0.2) is 4.79 Å². The summed E-state index contributed by atoms with van der Waals surface area (Å²) in [5.41, 5.74) is -0.438. The lowest BCUT2D eigenvalue weighted by atomic mass is 9.96. The van der Waals surface area contributed by atoms with Gasteiger partial charge < -0.3 is 14.5 Å². The number of anilines is 1. The summed E-state index contributed by atoms with van der Waals surface area (Å²) in [6, 6.07) is 1.35. The molecule has 0 fully saturated rings. The van der Waals surface area contributed by atoms with Crippen molar-refractivity contribution >= 4 is 23.3 Å². The van der Waals surface area contributed by atoms with E-state index in [1.54, 1.807) is 6.92 Å². The van der Waals surface area contributed by atoms with Crippen LogP contribution in [0.4, 0.5) is 5.69 Å². The Labute approximate surface area is 126 Å². The minimum absolute atomic E-state index is 0.0745. The highest BCUT2D eigenvalue weighted by Crippen LogP contribution is 2.22. The van der Waals surface area contributed by atoms with Crippen LogP contribution in [-0.4, -0.2) is 24.3 Å². The number of hydrogen-bond donors (Lipinski definition) is 1. The highest BCUT2D eigenvalue weighted by atomic mass is 16.5. The van der Waals surface area contributed by atoms with Crippen molar-refractivity contribution in [2.75, 3.05) is 11.9 Å². The number of ether oxygens (including phenoxy) is 1. The van der Waals surface area contributed by atoms with Gasteiger partial charge in [-0.3, -0.25) is 14.4 Å². The zero-order valence-electron chi connectivity index (χ0n) is 12.3. The third-order valence-electron chi connectivity index (χ3n) is 3.27. The molecule has 0 aromatic carbocycles. The Balaban J connectivity index is 2.05. The zero-order valence-corrected chi connectivity index (χ0v) is 12.3. The molecule has 0 unspecified atom stereocenters. The Morgan fingerprint density at radius 1 is 1.27 bits per heavy atom. The number of carbonyl (C=O) groups excluding carboxylic acids is 3. The summed E-state index contributed by atoms with van der Waals surface area (Å²) in [5.74, 6) is -0.730. The Kier molecular flexibility index (Phi) is 5.08. The molecule has 0 aliphatic heterocycles. The minimum atomic E-state index is -0.696. The van der Waals surface area contributed by atoms with E-state index in [9.17, 15) is 19.2 Å². The van der Waals surface area contributed by atoms with E-state index >= 15 is 0 Å². The number of Topliss-reactive ketones (excluding diaryl/α,β-unsaturated/α-hetero) is 1. The summed E-state index contributed by atoms with van der Waals surface area (Å²) in [5, 5.41) is 2.37. The molecule has 118 valence electrons. The number of esters is 1. The maximum atomic E-state index is 11.8. The number of nitrogens with one attached hydrogen (secondary N) is 1. The summed E-state index contributed by atoms with van der Waals surface area (Å²) in [7, 11) is 0. The first-order chi connectivity index (χ1) is 10.5. The average molecular weight is 307 g/mol. The second kappa shape index (κ2) is 7.02. The number of ketones is 1. The van der Waals surface area contributed by atoms with Gasteiger partial charge in [-0.15, -0.1) is 0 Å². The van der Waals surface area contributed by atoms with Crippen molar-refractivity contribution in [3.8, 4) is 0 Å². The molecule has 7 nitrogen and oxygen atoms in total. The van der Waals surface area contributed by atoms with Crippen LogP contribution in [0.2, 0.25) is 0 Å². The lowest BCUT2D eigenvalue weighted by Crippen LogP contribution is -2.22. The molecule has 1 aromatic rings. The molecule has 1 heterocycles. The van der Waals surface area contributed by atoms with Gasteiger partial charge in [0, 0.05) is 19.3 Å². The van der Waals surface area contributed by atoms with Crippen LogP contribution in [0, 0.1) is 0 Å². The summed E-state index contributed by atoms with van der Waals surface area (Å²) >= 11 is 0. The molecule has 7 heteroatoms. The van der Waals surface area contributed by atoms with Gasteiger partial charge in [0.15, 0.2) is 5.78 Å². The van der Waals surface area contributed by atoms with Crippen LogP contribution in [0.1, 0.15) is 48.7 Å². The van der Waals surface area contributed by atoms with Crippen molar-refractivity contribution in [3.05, 3.63) is 27.8 Å². The third kappa shape index (κ3) is 3.81. The fourth-order valence-corrected chi connectivity index (χ4v) is 2.22. The van der Waals surface area contributed by atoms with E-state index in [1.165, 1.54) is 6.07 Å².